The summed E-state index contributed by atoms with van der Waals surface area (Å²) in [4.78, 5) is 11.8. The molecule has 1 aliphatic heterocycles. The maximum atomic E-state index is 11.8. The monoisotopic (exact) mass is 212 g/mol. The predicted molar refractivity (Wildman–Crippen MR) is 62.7 cm³/mol. The Hall–Kier alpha value is -0.570. The number of amides is 1. The molecular formula is C12H24N2O. The summed E-state index contributed by atoms with van der Waals surface area (Å²) in [5.41, 5.74) is 0. The van der Waals surface area contributed by atoms with Gasteiger partial charge >= 0.3 is 0 Å². The normalized spacial score (nSPS) is 24.9. The Morgan fingerprint density at radius 3 is 2.80 bits per heavy atom. The van der Waals surface area contributed by atoms with Gasteiger partial charge in [-0.25, -0.2) is 0 Å². The van der Waals surface area contributed by atoms with Crippen LogP contribution >= 0.6 is 0 Å². The van der Waals surface area contributed by atoms with Crippen LogP contribution in [0.4, 0.5) is 0 Å². The molecule has 1 aliphatic rings. The van der Waals surface area contributed by atoms with Crippen molar-refractivity contribution in [2.45, 2.75) is 46.1 Å². The third-order valence-corrected chi connectivity index (χ3v) is 3.34. The van der Waals surface area contributed by atoms with E-state index in [4.69, 9.17) is 0 Å². The first kappa shape index (κ1) is 12.5. The van der Waals surface area contributed by atoms with E-state index in [0.717, 1.165) is 25.9 Å². The van der Waals surface area contributed by atoms with Gasteiger partial charge in [0.25, 0.3) is 0 Å². The number of carbonyl (C=O) groups excluding carboxylic acids is 1. The molecule has 0 aliphatic carbocycles. The highest BCUT2D eigenvalue weighted by atomic mass is 16.1. The van der Waals surface area contributed by atoms with Gasteiger partial charge in [-0.1, -0.05) is 20.3 Å². The molecule has 88 valence electrons. The lowest BCUT2D eigenvalue weighted by Gasteiger charge is -2.21. The van der Waals surface area contributed by atoms with E-state index >= 15 is 0 Å². The van der Waals surface area contributed by atoms with Crippen LogP contribution in [0.3, 0.4) is 0 Å². The highest BCUT2D eigenvalue weighted by Crippen LogP contribution is 2.13. The Morgan fingerprint density at radius 2 is 2.27 bits per heavy atom. The Kier molecular flexibility index (Phi) is 5.09. The van der Waals surface area contributed by atoms with Gasteiger partial charge in [-0.05, 0) is 38.8 Å². The number of hydrogen-bond acceptors (Lipinski definition) is 2. The molecule has 0 aromatic rings. The van der Waals surface area contributed by atoms with E-state index in [9.17, 15) is 4.79 Å². The van der Waals surface area contributed by atoms with Crippen LogP contribution in [0.1, 0.15) is 40.0 Å². The van der Waals surface area contributed by atoms with E-state index in [1.807, 2.05) is 6.92 Å². The van der Waals surface area contributed by atoms with E-state index in [1.165, 1.54) is 6.42 Å². The van der Waals surface area contributed by atoms with Gasteiger partial charge in [0.15, 0.2) is 0 Å². The molecule has 0 aromatic carbocycles. The molecule has 0 radical (unpaired) electrons. The maximum Gasteiger partial charge on any atom is 0.223 e. The van der Waals surface area contributed by atoms with Crippen LogP contribution in [0.15, 0.2) is 0 Å². The van der Waals surface area contributed by atoms with Crippen molar-refractivity contribution in [1.82, 2.24) is 10.6 Å². The average molecular weight is 212 g/mol. The molecule has 1 amide bonds. The second-order valence-corrected chi connectivity index (χ2v) is 4.74. The van der Waals surface area contributed by atoms with Gasteiger partial charge in [0.2, 0.25) is 5.91 Å². The van der Waals surface area contributed by atoms with E-state index < -0.39 is 0 Å². The van der Waals surface area contributed by atoms with Gasteiger partial charge < -0.3 is 10.6 Å². The summed E-state index contributed by atoms with van der Waals surface area (Å²) in [6.07, 6.45) is 3.25. The Balaban J connectivity index is 2.29. The lowest BCUT2D eigenvalue weighted by molar-refractivity contribution is -0.125. The third-order valence-electron chi connectivity index (χ3n) is 3.34. The molecule has 0 saturated carbocycles. The van der Waals surface area contributed by atoms with Crippen molar-refractivity contribution in [3.8, 4) is 0 Å². The first-order chi connectivity index (χ1) is 7.15. The first-order valence-electron chi connectivity index (χ1n) is 6.16. The minimum atomic E-state index is 0.159. The van der Waals surface area contributed by atoms with Gasteiger partial charge in [0.1, 0.15) is 0 Å². The summed E-state index contributed by atoms with van der Waals surface area (Å²) < 4.78 is 0. The Bertz CT molecular complexity index is 200. The zero-order valence-corrected chi connectivity index (χ0v) is 10.2. The molecule has 0 aromatic heterocycles. The fourth-order valence-electron chi connectivity index (χ4n) is 2.15. The SMILES string of the molecule is CCCC(C)C(=O)NC(C)C1CCNC1. The summed E-state index contributed by atoms with van der Waals surface area (Å²) in [5.74, 6) is 0.992. The number of carbonyl (C=O) groups is 1. The first-order valence-corrected chi connectivity index (χ1v) is 6.16. The summed E-state index contributed by atoms with van der Waals surface area (Å²) in [6.45, 7) is 8.39. The highest BCUT2D eigenvalue weighted by Gasteiger charge is 2.23. The molecule has 2 N–H and O–H groups in total. The minimum Gasteiger partial charge on any atom is -0.353 e. The van der Waals surface area contributed by atoms with E-state index in [0.29, 0.717) is 12.0 Å². The summed E-state index contributed by atoms with van der Waals surface area (Å²) in [6, 6.07) is 0.312. The standard InChI is InChI=1S/C12H24N2O/c1-4-5-9(2)12(15)14-10(3)11-6-7-13-8-11/h9-11,13H,4-8H2,1-3H3,(H,14,15). The number of nitrogens with one attached hydrogen (secondary N) is 2. The lowest BCUT2D eigenvalue weighted by atomic mass is 9.99. The Labute approximate surface area is 93.0 Å². The molecule has 0 bridgehead atoms. The van der Waals surface area contributed by atoms with Gasteiger partial charge in [0, 0.05) is 12.0 Å². The lowest BCUT2D eigenvalue weighted by Crippen LogP contribution is -2.41. The second-order valence-electron chi connectivity index (χ2n) is 4.74. The second kappa shape index (κ2) is 6.11. The predicted octanol–water partition coefficient (Wildman–Crippen LogP) is 1.54. The van der Waals surface area contributed by atoms with Crippen LogP contribution in [0.5, 0.6) is 0 Å². The van der Waals surface area contributed by atoms with Crippen LogP contribution in [0, 0.1) is 11.8 Å². The minimum absolute atomic E-state index is 0.159. The fraction of sp³-hybridized carbons (Fsp3) is 0.917. The smallest absolute Gasteiger partial charge is 0.223 e. The highest BCUT2D eigenvalue weighted by molar-refractivity contribution is 5.78. The van der Waals surface area contributed by atoms with Crippen molar-refractivity contribution in [3.05, 3.63) is 0 Å². The largest absolute Gasteiger partial charge is 0.353 e. The number of rotatable bonds is 5. The zero-order valence-electron chi connectivity index (χ0n) is 10.2. The quantitative estimate of drug-likeness (QED) is 0.726. The molecule has 1 saturated heterocycles. The molecule has 3 unspecified atom stereocenters. The summed E-state index contributed by atoms with van der Waals surface area (Å²) >= 11 is 0. The van der Waals surface area contributed by atoms with Crippen molar-refractivity contribution < 1.29 is 4.79 Å². The van der Waals surface area contributed by atoms with E-state index in [2.05, 4.69) is 24.5 Å². The van der Waals surface area contributed by atoms with Crippen molar-refractivity contribution >= 4 is 5.91 Å². The van der Waals surface area contributed by atoms with Crippen molar-refractivity contribution in [3.63, 3.8) is 0 Å². The molecular weight excluding hydrogens is 188 g/mol. The van der Waals surface area contributed by atoms with Crippen molar-refractivity contribution in [2.24, 2.45) is 11.8 Å². The molecule has 0 spiro atoms. The van der Waals surface area contributed by atoms with E-state index in [1.54, 1.807) is 0 Å². The fourth-order valence-corrected chi connectivity index (χ4v) is 2.15. The van der Waals surface area contributed by atoms with Crippen LogP contribution < -0.4 is 10.6 Å². The molecule has 3 nitrogen and oxygen atoms in total. The number of hydrogen-bond donors (Lipinski definition) is 2. The van der Waals surface area contributed by atoms with Crippen LogP contribution in [-0.2, 0) is 4.79 Å². The van der Waals surface area contributed by atoms with Gasteiger partial charge in [-0.2, -0.15) is 0 Å². The third kappa shape index (κ3) is 3.82. The summed E-state index contributed by atoms with van der Waals surface area (Å²) in [5, 5.41) is 6.46. The molecule has 1 heterocycles. The molecule has 1 rings (SSSR count). The van der Waals surface area contributed by atoms with Crippen LogP contribution in [0.2, 0.25) is 0 Å². The topological polar surface area (TPSA) is 41.1 Å². The summed E-state index contributed by atoms with van der Waals surface area (Å²) in [7, 11) is 0. The van der Waals surface area contributed by atoms with Crippen molar-refractivity contribution in [1.29, 1.82) is 0 Å². The molecule has 15 heavy (non-hydrogen) atoms. The molecule has 1 fully saturated rings. The Morgan fingerprint density at radius 1 is 1.53 bits per heavy atom. The van der Waals surface area contributed by atoms with Gasteiger partial charge in [0.05, 0.1) is 0 Å². The van der Waals surface area contributed by atoms with Crippen molar-refractivity contribution in [2.75, 3.05) is 13.1 Å². The maximum absolute atomic E-state index is 11.8. The van der Waals surface area contributed by atoms with Crippen LogP contribution in [0.25, 0.3) is 0 Å². The molecule has 3 heteroatoms. The molecule has 3 atom stereocenters. The van der Waals surface area contributed by atoms with Gasteiger partial charge in [-0.3, -0.25) is 4.79 Å². The van der Waals surface area contributed by atoms with Crippen LogP contribution in [-0.4, -0.2) is 25.0 Å². The van der Waals surface area contributed by atoms with E-state index in [-0.39, 0.29) is 11.8 Å². The average Bonchev–Trinajstić information content (AvgIpc) is 2.70. The zero-order chi connectivity index (χ0) is 11.3. The van der Waals surface area contributed by atoms with Gasteiger partial charge in [-0.15, -0.1) is 0 Å².